The summed E-state index contributed by atoms with van der Waals surface area (Å²) in [4.78, 5) is 25.4. The van der Waals surface area contributed by atoms with Crippen molar-refractivity contribution in [1.82, 2.24) is 0 Å². The highest BCUT2D eigenvalue weighted by molar-refractivity contribution is 6.06. The Kier molecular flexibility index (Phi) is 2.84. The molecule has 0 amide bonds. The lowest BCUT2D eigenvalue weighted by Crippen LogP contribution is -2.67. The Labute approximate surface area is 148 Å². The molecule has 5 aliphatic rings. The van der Waals surface area contributed by atoms with Crippen LogP contribution in [0.1, 0.15) is 52.9 Å². The van der Waals surface area contributed by atoms with E-state index in [9.17, 15) is 9.59 Å². The zero-order chi connectivity index (χ0) is 17.7. The van der Waals surface area contributed by atoms with Crippen LogP contribution in [0.4, 0.5) is 0 Å². The maximum absolute atomic E-state index is 12.7. The van der Waals surface area contributed by atoms with Crippen LogP contribution in [0, 0.1) is 22.7 Å². The third-order valence-corrected chi connectivity index (χ3v) is 8.26. The number of carbonyl (C=O) groups excluding carboxylic acids is 2. The first-order chi connectivity index (χ1) is 11.8. The number of hydrogen-bond donors (Lipinski definition) is 0. The molecule has 0 radical (unpaired) electrons. The standard InChI is InChI=1S/C20H26O5/c1-12-10-13-15-17(2,5-4-14(21)18(15,3)16(22)24-13)20(12)7-6-19(25-20)8-9-23-11-19/h8-9,12-13,15H,4-7,10-11H2,1-3H3/t12-,13+,15+,17-,18-,19+,20+/m0/s1. The molecule has 4 fully saturated rings. The summed E-state index contributed by atoms with van der Waals surface area (Å²) in [6, 6.07) is 0. The van der Waals surface area contributed by atoms with E-state index in [1.54, 1.807) is 6.26 Å². The van der Waals surface area contributed by atoms with E-state index in [0.29, 0.717) is 13.0 Å². The monoisotopic (exact) mass is 346 g/mol. The van der Waals surface area contributed by atoms with Gasteiger partial charge in [0.15, 0.2) is 0 Å². The molecule has 136 valence electrons. The van der Waals surface area contributed by atoms with E-state index < -0.39 is 5.41 Å². The first kappa shape index (κ1) is 15.9. The molecule has 0 aromatic heterocycles. The molecule has 0 aromatic rings. The van der Waals surface area contributed by atoms with Gasteiger partial charge in [-0.25, -0.2) is 0 Å². The summed E-state index contributed by atoms with van der Waals surface area (Å²) in [5, 5.41) is 0. The van der Waals surface area contributed by atoms with Gasteiger partial charge in [-0.1, -0.05) is 13.8 Å². The fraction of sp³-hybridized carbons (Fsp3) is 0.800. The van der Waals surface area contributed by atoms with Gasteiger partial charge in [0.2, 0.25) is 0 Å². The van der Waals surface area contributed by atoms with E-state index in [1.165, 1.54) is 0 Å². The van der Waals surface area contributed by atoms with Crippen LogP contribution in [0.15, 0.2) is 12.3 Å². The molecule has 0 N–H and O–H groups in total. The SMILES string of the molecule is C[C@H]1C[C@H]2OC(=O)[C@@]3(C)C(=O)CC[C@@](C)([C@@H]23)[C@@]12CC[C@]1(C=COC1)O2. The first-order valence-corrected chi connectivity index (χ1v) is 9.51. The lowest BCUT2D eigenvalue weighted by Gasteiger charge is -2.61. The predicted octanol–water partition coefficient (Wildman–Crippen LogP) is 2.78. The number of rotatable bonds is 0. The zero-order valence-corrected chi connectivity index (χ0v) is 15.2. The van der Waals surface area contributed by atoms with Crippen LogP contribution in [0.2, 0.25) is 0 Å². The minimum Gasteiger partial charge on any atom is -0.498 e. The topological polar surface area (TPSA) is 61.8 Å². The molecule has 5 rings (SSSR count). The fourth-order valence-electron chi connectivity index (χ4n) is 6.95. The minimum absolute atomic E-state index is 0.0454. The van der Waals surface area contributed by atoms with Gasteiger partial charge in [-0.3, -0.25) is 9.59 Å². The molecule has 0 bridgehead atoms. The van der Waals surface area contributed by atoms with E-state index in [-0.39, 0.29) is 46.3 Å². The number of fused-ring (bicyclic) bond motifs is 1. The Morgan fingerprint density at radius 2 is 1.96 bits per heavy atom. The number of carbonyl (C=O) groups is 2. The largest absolute Gasteiger partial charge is 0.498 e. The summed E-state index contributed by atoms with van der Waals surface area (Å²) in [5.41, 5.74) is -1.93. The molecule has 0 aromatic carbocycles. The fourth-order valence-corrected chi connectivity index (χ4v) is 6.95. The second-order valence-corrected chi connectivity index (χ2v) is 9.27. The van der Waals surface area contributed by atoms with Crippen LogP contribution in [0.25, 0.3) is 0 Å². The molecule has 25 heavy (non-hydrogen) atoms. The summed E-state index contributed by atoms with van der Waals surface area (Å²) in [6.07, 6.45) is 7.48. The van der Waals surface area contributed by atoms with E-state index >= 15 is 0 Å². The van der Waals surface area contributed by atoms with Crippen LogP contribution in [0.3, 0.4) is 0 Å². The normalized spacial score (nSPS) is 56.4. The third kappa shape index (κ3) is 1.60. The van der Waals surface area contributed by atoms with Crippen molar-refractivity contribution in [3.63, 3.8) is 0 Å². The van der Waals surface area contributed by atoms with Crippen molar-refractivity contribution in [2.45, 2.75) is 70.2 Å². The van der Waals surface area contributed by atoms with Crippen LogP contribution in [-0.4, -0.2) is 35.7 Å². The number of ether oxygens (including phenoxy) is 3. The molecular weight excluding hydrogens is 320 g/mol. The van der Waals surface area contributed by atoms with E-state index in [2.05, 4.69) is 13.8 Å². The number of ketones is 1. The van der Waals surface area contributed by atoms with Gasteiger partial charge in [-0.2, -0.15) is 0 Å². The number of Topliss-reactive ketones (excluding diaryl/α,β-unsaturated/α-hetero) is 1. The number of esters is 1. The maximum Gasteiger partial charge on any atom is 0.320 e. The maximum atomic E-state index is 12.7. The van der Waals surface area contributed by atoms with Gasteiger partial charge in [-0.05, 0) is 44.6 Å². The van der Waals surface area contributed by atoms with Gasteiger partial charge < -0.3 is 14.2 Å². The summed E-state index contributed by atoms with van der Waals surface area (Å²) >= 11 is 0. The summed E-state index contributed by atoms with van der Waals surface area (Å²) in [6.45, 7) is 6.84. The van der Waals surface area contributed by atoms with Gasteiger partial charge >= 0.3 is 5.97 Å². The van der Waals surface area contributed by atoms with Crippen molar-refractivity contribution in [3.05, 3.63) is 12.3 Å². The smallest absolute Gasteiger partial charge is 0.320 e. The van der Waals surface area contributed by atoms with Gasteiger partial charge in [0.25, 0.3) is 0 Å². The third-order valence-electron chi connectivity index (χ3n) is 8.26. The predicted molar refractivity (Wildman–Crippen MR) is 88.5 cm³/mol. The van der Waals surface area contributed by atoms with Crippen LogP contribution in [-0.2, 0) is 23.8 Å². The van der Waals surface area contributed by atoms with Crippen molar-refractivity contribution in [1.29, 1.82) is 0 Å². The molecule has 5 nitrogen and oxygen atoms in total. The van der Waals surface area contributed by atoms with Crippen LogP contribution >= 0.6 is 0 Å². The molecule has 7 atom stereocenters. The minimum atomic E-state index is -1.01. The van der Waals surface area contributed by atoms with Gasteiger partial charge in [0, 0.05) is 17.8 Å². The van der Waals surface area contributed by atoms with Crippen molar-refractivity contribution >= 4 is 11.8 Å². The summed E-state index contributed by atoms with van der Waals surface area (Å²) < 4.78 is 18.1. The van der Waals surface area contributed by atoms with Gasteiger partial charge in [-0.15, -0.1) is 0 Å². The molecule has 5 heteroatoms. The second-order valence-electron chi connectivity index (χ2n) is 9.27. The average molecular weight is 346 g/mol. The molecule has 2 saturated carbocycles. The van der Waals surface area contributed by atoms with Crippen LogP contribution in [0.5, 0.6) is 0 Å². The molecule has 3 heterocycles. The van der Waals surface area contributed by atoms with E-state index in [1.807, 2.05) is 13.0 Å². The van der Waals surface area contributed by atoms with Crippen molar-refractivity contribution < 1.29 is 23.8 Å². The Bertz CT molecular complexity index is 700. The lowest BCUT2D eigenvalue weighted by molar-refractivity contribution is -0.242. The number of hydrogen-bond acceptors (Lipinski definition) is 5. The average Bonchev–Trinajstić information content (AvgIpc) is 3.24. The van der Waals surface area contributed by atoms with Gasteiger partial charge in [0.05, 0.1) is 11.9 Å². The molecule has 2 aliphatic carbocycles. The Hall–Kier alpha value is -1.36. The van der Waals surface area contributed by atoms with E-state index in [4.69, 9.17) is 14.2 Å². The Morgan fingerprint density at radius 1 is 1.16 bits per heavy atom. The lowest BCUT2D eigenvalue weighted by atomic mass is 9.44. The summed E-state index contributed by atoms with van der Waals surface area (Å²) in [5.74, 6) is -0.0923. The Balaban J connectivity index is 1.64. The van der Waals surface area contributed by atoms with Gasteiger partial charge in [0.1, 0.15) is 29.5 Å². The molecule has 2 saturated heterocycles. The highest BCUT2D eigenvalue weighted by atomic mass is 16.6. The van der Waals surface area contributed by atoms with Crippen molar-refractivity contribution in [2.75, 3.05) is 6.61 Å². The first-order valence-electron chi connectivity index (χ1n) is 9.51. The van der Waals surface area contributed by atoms with E-state index in [0.717, 1.165) is 25.7 Å². The molecule has 2 spiro atoms. The van der Waals surface area contributed by atoms with Crippen molar-refractivity contribution in [2.24, 2.45) is 22.7 Å². The van der Waals surface area contributed by atoms with Crippen molar-refractivity contribution in [3.8, 4) is 0 Å². The highest BCUT2D eigenvalue weighted by Crippen LogP contribution is 2.69. The highest BCUT2D eigenvalue weighted by Gasteiger charge is 2.76. The summed E-state index contributed by atoms with van der Waals surface area (Å²) in [7, 11) is 0. The zero-order valence-electron chi connectivity index (χ0n) is 15.2. The van der Waals surface area contributed by atoms with Crippen LogP contribution < -0.4 is 0 Å². The quantitative estimate of drug-likeness (QED) is 0.498. The Morgan fingerprint density at radius 3 is 2.68 bits per heavy atom. The molecular formula is C20H26O5. The second kappa shape index (κ2) is 4.48. The molecule has 0 unspecified atom stereocenters. The molecule has 3 aliphatic heterocycles.